The number of benzene rings is 1. The molecule has 2 aliphatic rings. The Labute approximate surface area is 179 Å². The van der Waals surface area contributed by atoms with Crippen molar-refractivity contribution in [3.05, 3.63) is 66.5 Å². The van der Waals surface area contributed by atoms with Crippen molar-refractivity contribution in [2.24, 2.45) is 0 Å². The summed E-state index contributed by atoms with van der Waals surface area (Å²) in [6, 6.07) is 13.4. The molecular weight excluding hydrogens is 394 g/mol. The molecule has 4 heterocycles. The van der Waals surface area contributed by atoms with E-state index in [0.717, 1.165) is 28.4 Å². The van der Waals surface area contributed by atoms with Crippen molar-refractivity contribution in [3.8, 4) is 22.8 Å². The monoisotopic (exact) mass is 415 g/mol. The molecule has 2 aliphatic heterocycles. The summed E-state index contributed by atoms with van der Waals surface area (Å²) in [5, 5.41) is 8.70. The Morgan fingerprint density at radius 3 is 2.48 bits per heavy atom. The van der Waals surface area contributed by atoms with Crippen LogP contribution in [0.2, 0.25) is 0 Å². The molecule has 5 rings (SSSR count). The van der Waals surface area contributed by atoms with Crippen LogP contribution in [0, 0.1) is 0 Å². The van der Waals surface area contributed by atoms with Crippen molar-refractivity contribution in [1.82, 2.24) is 20.1 Å². The first-order chi connectivity index (χ1) is 15.3. The molecule has 2 aromatic heterocycles. The lowest BCUT2D eigenvalue weighted by molar-refractivity contribution is -0.126. The zero-order chi connectivity index (χ0) is 21.0. The van der Waals surface area contributed by atoms with Crippen molar-refractivity contribution in [2.75, 3.05) is 37.9 Å². The van der Waals surface area contributed by atoms with Gasteiger partial charge in [-0.2, -0.15) is 0 Å². The number of piperazine rings is 1. The first kappa shape index (κ1) is 19.0. The summed E-state index contributed by atoms with van der Waals surface area (Å²) in [6.07, 6.45) is 6.89. The number of anilines is 1. The van der Waals surface area contributed by atoms with Crippen molar-refractivity contribution in [2.45, 2.75) is 0 Å². The molecule has 0 spiro atoms. The van der Waals surface area contributed by atoms with Gasteiger partial charge in [0, 0.05) is 50.2 Å². The number of aromatic nitrogens is 3. The van der Waals surface area contributed by atoms with Crippen LogP contribution in [0.4, 0.5) is 5.82 Å². The maximum Gasteiger partial charge on any atom is 0.246 e. The lowest BCUT2D eigenvalue weighted by Crippen LogP contribution is -2.48. The molecule has 0 bridgehead atoms. The number of ether oxygens (including phenoxy) is 2. The third-order valence-corrected chi connectivity index (χ3v) is 5.36. The van der Waals surface area contributed by atoms with Gasteiger partial charge in [-0.05, 0) is 48.0 Å². The summed E-state index contributed by atoms with van der Waals surface area (Å²) in [6.45, 7) is 2.94. The van der Waals surface area contributed by atoms with E-state index in [9.17, 15) is 4.79 Å². The van der Waals surface area contributed by atoms with Crippen LogP contribution >= 0.6 is 0 Å². The molecule has 0 N–H and O–H groups in total. The number of hydrogen-bond acceptors (Lipinski definition) is 7. The maximum atomic E-state index is 12.6. The number of amides is 1. The molecule has 156 valence electrons. The third-order valence-electron chi connectivity index (χ3n) is 5.36. The lowest BCUT2D eigenvalue weighted by Gasteiger charge is -2.34. The second kappa shape index (κ2) is 8.43. The Balaban J connectivity index is 1.17. The standard InChI is InChI=1S/C23H21N5O3/c29-23(6-2-17-1-4-20-21(15-17)31-16-30-20)28-13-11-27(12-14-28)22-5-3-19(25-26-22)18-7-9-24-10-8-18/h1-10,15H,11-14,16H2/b6-2+. The van der Waals surface area contributed by atoms with Gasteiger partial charge in [0.2, 0.25) is 12.7 Å². The second-order valence-corrected chi connectivity index (χ2v) is 7.27. The van der Waals surface area contributed by atoms with Gasteiger partial charge in [0.1, 0.15) is 0 Å². The zero-order valence-electron chi connectivity index (χ0n) is 16.8. The summed E-state index contributed by atoms with van der Waals surface area (Å²) in [5.74, 6) is 2.26. The van der Waals surface area contributed by atoms with Crippen LogP contribution in [-0.4, -0.2) is 59.0 Å². The first-order valence-electron chi connectivity index (χ1n) is 10.1. The van der Waals surface area contributed by atoms with Gasteiger partial charge >= 0.3 is 0 Å². The van der Waals surface area contributed by atoms with Crippen LogP contribution < -0.4 is 14.4 Å². The average Bonchev–Trinajstić information content (AvgIpc) is 3.31. The SMILES string of the molecule is O=C(/C=C/c1ccc2c(c1)OCO2)N1CCN(c2ccc(-c3ccncc3)nn2)CC1. The fraction of sp³-hybridized carbons (Fsp3) is 0.217. The quantitative estimate of drug-likeness (QED) is 0.606. The lowest BCUT2D eigenvalue weighted by atomic mass is 10.2. The smallest absolute Gasteiger partial charge is 0.246 e. The highest BCUT2D eigenvalue weighted by atomic mass is 16.7. The molecule has 1 aromatic carbocycles. The molecule has 1 saturated heterocycles. The van der Waals surface area contributed by atoms with Crippen LogP contribution in [0.15, 0.2) is 60.9 Å². The molecule has 31 heavy (non-hydrogen) atoms. The van der Waals surface area contributed by atoms with E-state index >= 15 is 0 Å². The largest absolute Gasteiger partial charge is 0.454 e. The summed E-state index contributed by atoms with van der Waals surface area (Å²) in [5.41, 5.74) is 2.70. The van der Waals surface area contributed by atoms with E-state index in [1.807, 2.05) is 47.4 Å². The van der Waals surface area contributed by atoms with E-state index in [1.165, 1.54) is 0 Å². The Hall–Kier alpha value is -3.94. The molecule has 0 radical (unpaired) electrons. The van der Waals surface area contributed by atoms with Gasteiger partial charge in [-0.1, -0.05) is 6.07 Å². The van der Waals surface area contributed by atoms with Gasteiger partial charge in [0.05, 0.1) is 5.69 Å². The van der Waals surface area contributed by atoms with Gasteiger partial charge in [-0.15, -0.1) is 10.2 Å². The van der Waals surface area contributed by atoms with E-state index in [2.05, 4.69) is 20.1 Å². The van der Waals surface area contributed by atoms with Crippen LogP contribution in [0.1, 0.15) is 5.56 Å². The second-order valence-electron chi connectivity index (χ2n) is 7.27. The van der Waals surface area contributed by atoms with E-state index in [4.69, 9.17) is 9.47 Å². The minimum atomic E-state index is -0.00330. The van der Waals surface area contributed by atoms with Crippen molar-refractivity contribution >= 4 is 17.8 Å². The molecule has 8 nitrogen and oxygen atoms in total. The van der Waals surface area contributed by atoms with E-state index in [1.54, 1.807) is 24.5 Å². The van der Waals surface area contributed by atoms with Crippen LogP contribution in [-0.2, 0) is 4.79 Å². The molecule has 0 aliphatic carbocycles. The molecule has 0 atom stereocenters. The Bertz CT molecular complexity index is 1090. The highest BCUT2D eigenvalue weighted by molar-refractivity contribution is 5.92. The Morgan fingerprint density at radius 1 is 0.903 bits per heavy atom. The predicted octanol–water partition coefficient (Wildman–Crippen LogP) is 2.63. The maximum absolute atomic E-state index is 12.6. The predicted molar refractivity (Wildman–Crippen MR) is 116 cm³/mol. The molecule has 0 saturated carbocycles. The van der Waals surface area contributed by atoms with Crippen molar-refractivity contribution in [3.63, 3.8) is 0 Å². The van der Waals surface area contributed by atoms with E-state index in [-0.39, 0.29) is 12.7 Å². The normalized spacial score (nSPS) is 15.5. The molecule has 0 unspecified atom stereocenters. The van der Waals surface area contributed by atoms with E-state index < -0.39 is 0 Å². The number of carbonyl (C=O) groups excluding carboxylic acids is 1. The molecular formula is C23H21N5O3. The Morgan fingerprint density at radius 2 is 1.71 bits per heavy atom. The summed E-state index contributed by atoms with van der Waals surface area (Å²) in [7, 11) is 0. The van der Waals surface area contributed by atoms with Crippen LogP contribution in [0.3, 0.4) is 0 Å². The number of fused-ring (bicyclic) bond motifs is 1. The van der Waals surface area contributed by atoms with Crippen LogP contribution in [0.25, 0.3) is 17.3 Å². The van der Waals surface area contributed by atoms with E-state index in [0.29, 0.717) is 31.9 Å². The molecule has 1 fully saturated rings. The van der Waals surface area contributed by atoms with Gasteiger partial charge in [-0.3, -0.25) is 9.78 Å². The summed E-state index contributed by atoms with van der Waals surface area (Å²) in [4.78, 5) is 20.6. The summed E-state index contributed by atoms with van der Waals surface area (Å²) >= 11 is 0. The average molecular weight is 415 g/mol. The molecule has 1 amide bonds. The topological polar surface area (TPSA) is 80.7 Å². The summed E-state index contributed by atoms with van der Waals surface area (Å²) < 4.78 is 10.7. The third kappa shape index (κ3) is 4.18. The first-order valence-corrected chi connectivity index (χ1v) is 10.1. The number of carbonyl (C=O) groups is 1. The van der Waals surface area contributed by atoms with Gasteiger partial charge in [0.25, 0.3) is 0 Å². The van der Waals surface area contributed by atoms with Gasteiger partial charge in [0.15, 0.2) is 17.3 Å². The van der Waals surface area contributed by atoms with Gasteiger partial charge in [-0.25, -0.2) is 0 Å². The number of nitrogens with zero attached hydrogens (tertiary/aromatic N) is 5. The number of rotatable bonds is 4. The number of hydrogen-bond donors (Lipinski definition) is 0. The minimum absolute atomic E-state index is 0.00330. The van der Waals surface area contributed by atoms with Crippen LogP contribution in [0.5, 0.6) is 11.5 Å². The van der Waals surface area contributed by atoms with Crippen molar-refractivity contribution < 1.29 is 14.3 Å². The van der Waals surface area contributed by atoms with Crippen molar-refractivity contribution in [1.29, 1.82) is 0 Å². The fourth-order valence-corrected chi connectivity index (χ4v) is 3.62. The fourth-order valence-electron chi connectivity index (χ4n) is 3.62. The zero-order valence-corrected chi connectivity index (χ0v) is 16.8. The Kier molecular flexibility index (Phi) is 5.18. The van der Waals surface area contributed by atoms with Gasteiger partial charge < -0.3 is 19.3 Å². The number of pyridine rings is 1. The minimum Gasteiger partial charge on any atom is -0.454 e. The molecule has 3 aromatic rings. The highest BCUT2D eigenvalue weighted by Crippen LogP contribution is 2.32. The molecule has 8 heteroatoms. The highest BCUT2D eigenvalue weighted by Gasteiger charge is 2.21.